The Bertz CT molecular complexity index is 394. The van der Waals surface area contributed by atoms with Gasteiger partial charge in [-0.05, 0) is 11.6 Å². The minimum Gasteiger partial charge on any atom is -0.475 e. The number of aromatic nitrogens is 1. The molecule has 0 atom stereocenters. The fraction of sp³-hybridized carbons (Fsp3) is 0.0833. The molecule has 68 valence electrons. The van der Waals surface area contributed by atoms with Crippen LogP contribution in [0.5, 0.6) is 5.88 Å². The van der Waals surface area contributed by atoms with Crippen LogP contribution in [0.4, 0.5) is 0 Å². The quantitative estimate of drug-likeness (QED) is 0.713. The van der Waals surface area contributed by atoms with Gasteiger partial charge >= 0.3 is 0 Å². The molecule has 0 unspecified atom stereocenters. The Balaban J connectivity index is 2.34. The number of hydrogen-bond acceptors (Lipinski definition) is 2. The summed E-state index contributed by atoms with van der Waals surface area (Å²) in [5.41, 5.74) is 2.00. The molecule has 1 aromatic heterocycles. The molecule has 1 heterocycles. The van der Waals surface area contributed by atoms with Crippen LogP contribution in [0.1, 0.15) is 0 Å². The topological polar surface area (TPSA) is 22.1 Å². The second kappa shape index (κ2) is 3.80. The lowest BCUT2D eigenvalue weighted by Gasteiger charge is -1.97. The van der Waals surface area contributed by atoms with E-state index >= 15 is 0 Å². The normalized spacial score (nSPS) is 9.21. The van der Waals surface area contributed by atoms with E-state index in [0.717, 1.165) is 11.1 Å². The molecule has 0 bridgehead atoms. The van der Waals surface area contributed by atoms with Gasteiger partial charge in [-0.15, -0.1) is 0 Å². The highest BCUT2D eigenvalue weighted by molar-refractivity contribution is 5.60. The van der Waals surface area contributed by atoms with Crippen LogP contribution in [0.3, 0.4) is 0 Å². The van der Waals surface area contributed by atoms with E-state index in [9.17, 15) is 0 Å². The van der Waals surface area contributed by atoms with Crippen LogP contribution >= 0.6 is 0 Å². The van der Waals surface area contributed by atoms with Gasteiger partial charge in [0.25, 0.3) is 5.88 Å². The Hall–Kier alpha value is -2.01. The van der Waals surface area contributed by atoms with Crippen molar-refractivity contribution in [2.45, 2.75) is 0 Å². The van der Waals surface area contributed by atoms with E-state index in [4.69, 9.17) is 4.74 Å². The maximum Gasteiger partial charge on any atom is 0.268 e. The molecular formula is C12H9NO. The largest absolute Gasteiger partial charge is 0.475 e. The van der Waals surface area contributed by atoms with E-state index in [1.807, 2.05) is 30.3 Å². The summed E-state index contributed by atoms with van der Waals surface area (Å²) in [7, 11) is 1.56. The third kappa shape index (κ3) is 1.67. The van der Waals surface area contributed by atoms with Crippen molar-refractivity contribution in [3.8, 4) is 17.0 Å². The maximum atomic E-state index is 4.91. The minimum atomic E-state index is 0.463. The molecule has 0 amide bonds. The Kier molecular flexibility index (Phi) is 2.33. The Morgan fingerprint density at radius 2 is 1.93 bits per heavy atom. The summed E-state index contributed by atoms with van der Waals surface area (Å²) in [6.45, 7) is 0. The van der Waals surface area contributed by atoms with E-state index in [1.54, 1.807) is 13.3 Å². The Morgan fingerprint density at radius 3 is 2.50 bits per heavy atom. The predicted molar refractivity (Wildman–Crippen MR) is 53.9 cm³/mol. The molecule has 0 aliphatic rings. The minimum absolute atomic E-state index is 0.463. The predicted octanol–water partition coefficient (Wildman–Crippen LogP) is 2.36. The number of hydrogen-bond donors (Lipinski definition) is 0. The fourth-order valence-electron chi connectivity index (χ4n) is 1.18. The van der Waals surface area contributed by atoms with Gasteiger partial charge in [-0.3, -0.25) is 0 Å². The van der Waals surface area contributed by atoms with Gasteiger partial charge < -0.3 is 4.74 Å². The monoisotopic (exact) mass is 183 g/mol. The first-order chi connectivity index (χ1) is 6.90. The zero-order chi connectivity index (χ0) is 9.80. The molecule has 0 aliphatic carbocycles. The van der Waals surface area contributed by atoms with Crippen molar-refractivity contribution in [3.63, 3.8) is 0 Å². The van der Waals surface area contributed by atoms with E-state index in [-0.39, 0.29) is 0 Å². The summed E-state index contributed by atoms with van der Waals surface area (Å²) in [6.07, 6.45) is 1.73. The molecule has 2 nitrogen and oxygen atoms in total. The van der Waals surface area contributed by atoms with Gasteiger partial charge in [-0.25, -0.2) is 4.98 Å². The molecule has 2 rings (SSSR count). The van der Waals surface area contributed by atoms with Gasteiger partial charge in [0.15, 0.2) is 0 Å². The van der Waals surface area contributed by atoms with Crippen molar-refractivity contribution < 1.29 is 4.74 Å². The number of ether oxygens (including phenoxy) is 1. The van der Waals surface area contributed by atoms with Crippen LogP contribution in [-0.4, -0.2) is 12.1 Å². The smallest absolute Gasteiger partial charge is 0.268 e. The first-order valence-corrected chi connectivity index (χ1v) is 4.29. The summed E-state index contributed by atoms with van der Waals surface area (Å²) in [6, 6.07) is 15.8. The second-order valence-corrected chi connectivity index (χ2v) is 2.80. The molecule has 0 saturated heterocycles. The summed E-state index contributed by atoms with van der Waals surface area (Å²) in [4.78, 5) is 4.06. The maximum absolute atomic E-state index is 4.91. The molecule has 0 spiro atoms. The highest BCUT2D eigenvalue weighted by Crippen LogP contribution is 2.15. The molecule has 2 aromatic rings. The van der Waals surface area contributed by atoms with Crippen molar-refractivity contribution >= 4 is 0 Å². The Morgan fingerprint density at radius 1 is 1.14 bits per heavy atom. The molecule has 14 heavy (non-hydrogen) atoms. The van der Waals surface area contributed by atoms with Crippen molar-refractivity contribution in [1.29, 1.82) is 0 Å². The van der Waals surface area contributed by atoms with Gasteiger partial charge in [0.1, 0.15) is 0 Å². The van der Waals surface area contributed by atoms with Gasteiger partial charge in [0.2, 0.25) is 0 Å². The summed E-state index contributed by atoms with van der Waals surface area (Å²) in [5.74, 6) is 0.463. The van der Waals surface area contributed by atoms with Crippen molar-refractivity contribution in [2.75, 3.05) is 7.11 Å². The number of rotatable bonds is 2. The fourth-order valence-corrected chi connectivity index (χ4v) is 1.18. The Labute approximate surface area is 83.2 Å². The lowest BCUT2D eigenvalue weighted by atomic mass is 10.1. The summed E-state index contributed by atoms with van der Waals surface area (Å²) >= 11 is 0. The molecule has 1 aromatic carbocycles. The summed E-state index contributed by atoms with van der Waals surface area (Å²) in [5, 5.41) is 0. The third-order valence-electron chi connectivity index (χ3n) is 1.89. The number of benzene rings is 1. The molecule has 0 saturated carbocycles. The molecule has 0 radical (unpaired) electrons. The average Bonchev–Trinajstić information content (AvgIpc) is 2.30. The van der Waals surface area contributed by atoms with Gasteiger partial charge in [0, 0.05) is 6.20 Å². The standard InChI is InChI=1S/C12H9NO/c1-14-12-8-7-11(9-13-12)10-5-3-2-4-6-10/h2-6,9H,1H3. The first-order valence-electron chi connectivity index (χ1n) is 4.29. The number of methoxy groups -OCH3 is 1. The average molecular weight is 183 g/mol. The van der Waals surface area contributed by atoms with Crippen LogP contribution < -0.4 is 4.74 Å². The first kappa shape index (κ1) is 8.58. The van der Waals surface area contributed by atoms with E-state index < -0.39 is 0 Å². The van der Waals surface area contributed by atoms with Gasteiger partial charge in [0.05, 0.1) is 12.7 Å². The van der Waals surface area contributed by atoms with Crippen LogP contribution in [0.15, 0.2) is 36.5 Å². The van der Waals surface area contributed by atoms with Crippen LogP contribution in [-0.2, 0) is 0 Å². The zero-order valence-electron chi connectivity index (χ0n) is 7.82. The molecule has 0 N–H and O–H groups in total. The highest BCUT2D eigenvalue weighted by Gasteiger charge is 1.95. The summed E-state index contributed by atoms with van der Waals surface area (Å²) < 4.78 is 4.91. The number of nitrogens with zero attached hydrogens (tertiary/aromatic N) is 1. The molecule has 2 heteroatoms. The second-order valence-electron chi connectivity index (χ2n) is 2.80. The van der Waals surface area contributed by atoms with Crippen molar-refractivity contribution in [1.82, 2.24) is 4.98 Å². The van der Waals surface area contributed by atoms with Gasteiger partial charge in [-0.1, -0.05) is 36.4 Å². The lowest BCUT2D eigenvalue weighted by molar-refractivity contribution is 0.398. The molecular weight excluding hydrogens is 174 g/mol. The van der Waals surface area contributed by atoms with E-state index in [1.165, 1.54) is 0 Å². The van der Waals surface area contributed by atoms with Crippen LogP contribution in [0.2, 0.25) is 0 Å². The van der Waals surface area contributed by atoms with Crippen molar-refractivity contribution in [3.05, 3.63) is 48.7 Å². The highest BCUT2D eigenvalue weighted by atomic mass is 16.5. The van der Waals surface area contributed by atoms with Crippen LogP contribution in [0.25, 0.3) is 11.1 Å². The van der Waals surface area contributed by atoms with Crippen molar-refractivity contribution in [2.24, 2.45) is 0 Å². The van der Waals surface area contributed by atoms with Crippen LogP contribution in [0, 0.1) is 12.1 Å². The third-order valence-corrected chi connectivity index (χ3v) is 1.89. The zero-order valence-corrected chi connectivity index (χ0v) is 7.82. The van der Waals surface area contributed by atoms with E-state index in [0.29, 0.717) is 5.88 Å². The lowest BCUT2D eigenvalue weighted by Crippen LogP contribution is -1.85. The van der Waals surface area contributed by atoms with Gasteiger partial charge in [-0.2, -0.15) is 0 Å². The molecule has 0 fully saturated rings. The SMILES string of the molecule is COc1c#cc(-c2ccccc2)cn1. The van der Waals surface area contributed by atoms with E-state index in [2.05, 4.69) is 17.1 Å². The molecule has 0 aliphatic heterocycles.